The second kappa shape index (κ2) is 6.58. The van der Waals surface area contributed by atoms with Crippen LogP contribution in [0.4, 0.5) is 0 Å². The molecule has 0 heterocycles. The van der Waals surface area contributed by atoms with Crippen molar-refractivity contribution in [3.63, 3.8) is 0 Å². The molecular formula is C12H13NO2S2. The van der Waals surface area contributed by atoms with Gasteiger partial charge in [-0.15, -0.1) is 0 Å². The summed E-state index contributed by atoms with van der Waals surface area (Å²) in [5.41, 5.74) is 0. The molecule has 17 heavy (non-hydrogen) atoms. The number of aliphatic carboxylic acids is 1. The number of carboxylic acid groups (broad SMARTS) is 1. The van der Waals surface area contributed by atoms with Crippen molar-refractivity contribution in [3.05, 3.63) is 30.3 Å². The molecule has 1 aromatic rings. The van der Waals surface area contributed by atoms with Gasteiger partial charge in [-0.05, 0) is 25.5 Å². The first kappa shape index (κ1) is 13.9. The monoisotopic (exact) mass is 267 g/mol. The zero-order valence-electron chi connectivity index (χ0n) is 9.42. The summed E-state index contributed by atoms with van der Waals surface area (Å²) in [4.78, 5) is 11.6. The summed E-state index contributed by atoms with van der Waals surface area (Å²) in [7, 11) is 2.92. The van der Waals surface area contributed by atoms with Gasteiger partial charge in [0.2, 0.25) is 0 Å². The van der Waals surface area contributed by atoms with Gasteiger partial charge in [0.05, 0.1) is 6.07 Å². The third-order valence-electron chi connectivity index (χ3n) is 2.12. The third-order valence-corrected chi connectivity index (χ3v) is 5.26. The Morgan fingerprint density at radius 1 is 1.47 bits per heavy atom. The fourth-order valence-corrected chi connectivity index (χ4v) is 3.38. The fourth-order valence-electron chi connectivity index (χ4n) is 1.08. The lowest BCUT2D eigenvalue weighted by Crippen LogP contribution is -2.17. The van der Waals surface area contributed by atoms with E-state index in [0.717, 1.165) is 4.90 Å². The third kappa shape index (κ3) is 5.16. The summed E-state index contributed by atoms with van der Waals surface area (Å²) >= 11 is 0. The summed E-state index contributed by atoms with van der Waals surface area (Å²) in [5, 5.41) is 17.7. The summed E-state index contributed by atoms with van der Waals surface area (Å²) in [6.45, 7) is 1.77. The van der Waals surface area contributed by atoms with E-state index in [1.54, 1.807) is 6.92 Å². The second-order valence-electron chi connectivity index (χ2n) is 3.72. The van der Waals surface area contributed by atoms with Crippen molar-refractivity contribution in [3.8, 4) is 6.07 Å². The minimum absolute atomic E-state index is 0.0202. The van der Waals surface area contributed by atoms with Gasteiger partial charge >= 0.3 is 5.97 Å². The Hall–Kier alpha value is -1.12. The predicted octanol–water partition coefficient (Wildman–Crippen LogP) is 3.57. The molecule has 0 aromatic heterocycles. The highest BCUT2D eigenvalue weighted by atomic mass is 33.1. The summed E-state index contributed by atoms with van der Waals surface area (Å²) in [6.07, 6.45) is 0.371. The molecule has 1 unspecified atom stereocenters. The first-order chi connectivity index (χ1) is 8.06. The van der Waals surface area contributed by atoms with E-state index in [0.29, 0.717) is 6.42 Å². The van der Waals surface area contributed by atoms with Crippen molar-refractivity contribution < 1.29 is 9.90 Å². The van der Waals surface area contributed by atoms with E-state index in [1.165, 1.54) is 21.6 Å². The van der Waals surface area contributed by atoms with Crippen LogP contribution in [0.5, 0.6) is 0 Å². The van der Waals surface area contributed by atoms with E-state index in [2.05, 4.69) is 6.07 Å². The Morgan fingerprint density at radius 2 is 2.12 bits per heavy atom. The summed E-state index contributed by atoms with van der Waals surface area (Å²) in [6, 6.07) is 11.9. The Morgan fingerprint density at radius 3 is 2.65 bits per heavy atom. The molecule has 0 saturated heterocycles. The van der Waals surface area contributed by atoms with Crippen molar-refractivity contribution in [2.75, 3.05) is 0 Å². The predicted molar refractivity (Wildman–Crippen MR) is 70.8 cm³/mol. The average Bonchev–Trinajstić information content (AvgIpc) is 2.35. The Balaban J connectivity index is 2.52. The van der Waals surface area contributed by atoms with Crippen LogP contribution < -0.4 is 0 Å². The number of hydrogen-bond donors (Lipinski definition) is 1. The lowest BCUT2D eigenvalue weighted by atomic mass is 10.1. The van der Waals surface area contributed by atoms with Crippen LogP contribution in [0.25, 0.3) is 0 Å². The number of nitriles is 1. The van der Waals surface area contributed by atoms with E-state index in [9.17, 15) is 4.79 Å². The van der Waals surface area contributed by atoms with Crippen molar-refractivity contribution in [2.45, 2.75) is 29.4 Å². The first-order valence-electron chi connectivity index (χ1n) is 5.09. The minimum atomic E-state index is -0.864. The minimum Gasteiger partial charge on any atom is -0.481 e. The number of benzene rings is 1. The number of nitrogens with zero attached hydrogens (tertiary/aromatic N) is 1. The molecule has 0 radical (unpaired) electrons. The number of hydrogen-bond acceptors (Lipinski definition) is 4. The first-order valence-corrected chi connectivity index (χ1v) is 7.24. The van der Waals surface area contributed by atoms with Crippen molar-refractivity contribution in [1.29, 1.82) is 5.26 Å². The largest absolute Gasteiger partial charge is 0.481 e. The van der Waals surface area contributed by atoms with Gasteiger partial charge < -0.3 is 5.11 Å². The lowest BCUT2D eigenvalue weighted by Gasteiger charge is -2.18. The molecule has 0 fully saturated rings. The average molecular weight is 267 g/mol. The molecule has 1 aromatic carbocycles. The van der Waals surface area contributed by atoms with Crippen LogP contribution in [0.3, 0.4) is 0 Å². The lowest BCUT2D eigenvalue weighted by molar-refractivity contribution is -0.137. The van der Waals surface area contributed by atoms with E-state index in [4.69, 9.17) is 10.4 Å². The molecule has 0 saturated carbocycles. The molecule has 0 amide bonds. The van der Waals surface area contributed by atoms with Gasteiger partial charge in [0.15, 0.2) is 0 Å². The van der Waals surface area contributed by atoms with Gasteiger partial charge in [0.1, 0.15) is 4.75 Å². The van der Waals surface area contributed by atoms with Gasteiger partial charge in [0, 0.05) is 11.3 Å². The van der Waals surface area contributed by atoms with Crippen molar-refractivity contribution >= 4 is 27.6 Å². The van der Waals surface area contributed by atoms with Crippen LogP contribution in [0, 0.1) is 11.3 Å². The smallest absolute Gasteiger partial charge is 0.303 e. The number of rotatable bonds is 6. The molecule has 0 aliphatic carbocycles. The molecule has 0 aliphatic heterocycles. The van der Waals surface area contributed by atoms with E-state index < -0.39 is 10.7 Å². The molecule has 90 valence electrons. The van der Waals surface area contributed by atoms with E-state index in [-0.39, 0.29) is 6.42 Å². The Labute approximate surface area is 109 Å². The molecule has 1 N–H and O–H groups in total. The molecule has 0 bridgehead atoms. The van der Waals surface area contributed by atoms with Gasteiger partial charge in [-0.25, -0.2) is 0 Å². The normalized spacial score (nSPS) is 13.6. The Kier molecular flexibility index (Phi) is 5.39. The Bertz CT molecular complexity index is 416. The van der Waals surface area contributed by atoms with Crippen LogP contribution in [0.15, 0.2) is 35.2 Å². The molecule has 1 atom stereocenters. The standard InChI is InChI=1S/C12H13NO2S2/c1-12(9-13,8-7-11(14)15)17-16-10-5-3-2-4-6-10/h2-6H,7-8H2,1H3,(H,14,15). The van der Waals surface area contributed by atoms with Crippen LogP contribution in [0.2, 0.25) is 0 Å². The van der Waals surface area contributed by atoms with Crippen molar-refractivity contribution in [2.24, 2.45) is 0 Å². The van der Waals surface area contributed by atoms with Gasteiger partial charge in [-0.3, -0.25) is 4.79 Å². The number of carbonyl (C=O) groups is 1. The van der Waals surface area contributed by atoms with Gasteiger partial charge in [-0.1, -0.05) is 39.8 Å². The molecule has 0 spiro atoms. The maximum absolute atomic E-state index is 10.5. The van der Waals surface area contributed by atoms with Gasteiger partial charge in [0.25, 0.3) is 0 Å². The van der Waals surface area contributed by atoms with Gasteiger partial charge in [-0.2, -0.15) is 5.26 Å². The molecule has 1 rings (SSSR count). The van der Waals surface area contributed by atoms with Crippen LogP contribution in [-0.4, -0.2) is 15.8 Å². The molecule has 5 heteroatoms. The highest BCUT2D eigenvalue weighted by molar-refractivity contribution is 8.77. The highest BCUT2D eigenvalue weighted by Crippen LogP contribution is 2.42. The topological polar surface area (TPSA) is 61.1 Å². The summed E-state index contributed by atoms with van der Waals surface area (Å²) < 4.78 is -0.668. The molecular weight excluding hydrogens is 254 g/mol. The summed E-state index contributed by atoms with van der Waals surface area (Å²) in [5.74, 6) is -0.864. The van der Waals surface area contributed by atoms with E-state index in [1.807, 2.05) is 30.3 Å². The van der Waals surface area contributed by atoms with Crippen LogP contribution >= 0.6 is 21.6 Å². The van der Waals surface area contributed by atoms with Crippen LogP contribution in [0.1, 0.15) is 19.8 Å². The zero-order valence-corrected chi connectivity index (χ0v) is 11.1. The second-order valence-corrected chi connectivity index (χ2v) is 6.42. The van der Waals surface area contributed by atoms with Crippen molar-refractivity contribution in [1.82, 2.24) is 0 Å². The quantitative estimate of drug-likeness (QED) is 0.798. The molecule has 0 aliphatic rings. The highest BCUT2D eigenvalue weighted by Gasteiger charge is 2.26. The van der Waals surface area contributed by atoms with Crippen LogP contribution in [-0.2, 0) is 4.79 Å². The SMILES string of the molecule is CC(C#N)(CCC(=O)O)SSc1ccccc1. The number of carboxylic acids is 1. The zero-order chi connectivity index (χ0) is 12.7. The molecule has 3 nitrogen and oxygen atoms in total. The maximum atomic E-state index is 10.5. The van der Waals surface area contributed by atoms with E-state index >= 15 is 0 Å². The maximum Gasteiger partial charge on any atom is 0.303 e. The fraction of sp³-hybridized carbons (Fsp3) is 0.333.